The lowest BCUT2D eigenvalue weighted by molar-refractivity contribution is -0.0512. The van der Waals surface area contributed by atoms with Crippen LogP contribution in [0.4, 0.5) is 8.78 Å². The Bertz CT molecular complexity index is 869. The summed E-state index contributed by atoms with van der Waals surface area (Å²) in [5.41, 5.74) is 2.85. The van der Waals surface area contributed by atoms with Crippen LogP contribution in [0.2, 0.25) is 0 Å². The maximum Gasteiger partial charge on any atom is 0.387 e. The molecule has 0 N–H and O–H groups in total. The Kier molecular flexibility index (Phi) is 5.72. The summed E-state index contributed by atoms with van der Waals surface area (Å²) in [6.45, 7) is -0.896. The zero-order valence-corrected chi connectivity index (χ0v) is 14.9. The fourth-order valence-electron chi connectivity index (χ4n) is 2.22. The van der Waals surface area contributed by atoms with Gasteiger partial charge in [0.25, 0.3) is 5.22 Å². The molecule has 136 valence electrons. The van der Waals surface area contributed by atoms with E-state index in [1.54, 1.807) is 12.1 Å². The fraction of sp³-hybridized carbons (Fsp3) is 0.222. The number of methoxy groups -OCH3 is 1. The van der Waals surface area contributed by atoms with E-state index < -0.39 is 6.61 Å². The van der Waals surface area contributed by atoms with Gasteiger partial charge in [-0.25, -0.2) is 0 Å². The van der Waals surface area contributed by atoms with E-state index in [-0.39, 0.29) is 11.5 Å². The average molecular weight is 378 g/mol. The van der Waals surface area contributed by atoms with E-state index in [9.17, 15) is 8.78 Å². The number of hydrogen-bond donors (Lipinski definition) is 0. The highest BCUT2D eigenvalue weighted by atomic mass is 32.2. The van der Waals surface area contributed by atoms with Gasteiger partial charge in [-0.1, -0.05) is 35.5 Å². The number of nitrogens with zero attached hydrogens (tertiary/aromatic N) is 2. The molecule has 0 spiro atoms. The molecule has 26 heavy (non-hydrogen) atoms. The number of thioether (sulfide) groups is 1. The van der Waals surface area contributed by atoms with Gasteiger partial charge in [0.05, 0.1) is 7.11 Å². The van der Waals surface area contributed by atoms with Gasteiger partial charge >= 0.3 is 6.61 Å². The van der Waals surface area contributed by atoms with E-state index in [0.29, 0.717) is 16.9 Å². The molecule has 8 heteroatoms. The summed E-state index contributed by atoms with van der Waals surface area (Å²) in [6.07, 6.45) is 0. The van der Waals surface area contributed by atoms with Gasteiger partial charge < -0.3 is 13.9 Å². The second-order valence-corrected chi connectivity index (χ2v) is 6.32. The van der Waals surface area contributed by atoms with Crippen molar-refractivity contribution in [3.8, 4) is 23.0 Å². The third kappa shape index (κ3) is 4.51. The minimum Gasteiger partial charge on any atom is -0.493 e. The molecule has 0 aliphatic rings. The molecule has 1 aromatic heterocycles. The Hall–Kier alpha value is -2.61. The van der Waals surface area contributed by atoms with Crippen LogP contribution in [0, 0.1) is 6.92 Å². The van der Waals surface area contributed by atoms with Crippen LogP contribution in [-0.2, 0) is 5.75 Å². The van der Waals surface area contributed by atoms with Crippen LogP contribution in [-0.4, -0.2) is 23.9 Å². The molecule has 3 aromatic rings. The van der Waals surface area contributed by atoms with Crippen molar-refractivity contribution in [2.75, 3.05) is 7.11 Å². The molecule has 1 heterocycles. The van der Waals surface area contributed by atoms with Crippen LogP contribution < -0.4 is 9.47 Å². The number of alkyl halides is 2. The standard InChI is InChI=1S/C18H16F2N2O3S/c1-11-3-6-13(7-4-11)16-21-22-18(25-16)26-10-12-5-8-14(24-17(19)20)15(9-12)23-2/h3-9,17H,10H2,1-2H3. The van der Waals surface area contributed by atoms with Gasteiger partial charge in [0.15, 0.2) is 11.5 Å². The predicted molar refractivity (Wildman–Crippen MR) is 93.7 cm³/mol. The number of rotatable bonds is 7. The molecular weight excluding hydrogens is 362 g/mol. The first-order chi connectivity index (χ1) is 12.5. The van der Waals surface area contributed by atoms with Gasteiger partial charge in [0.2, 0.25) is 5.89 Å². The van der Waals surface area contributed by atoms with Crippen LogP contribution in [0.5, 0.6) is 11.5 Å². The van der Waals surface area contributed by atoms with Gasteiger partial charge in [-0.3, -0.25) is 0 Å². The van der Waals surface area contributed by atoms with Crippen LogP contribution in [0.15, 0.2) is 52.1 Å². The number of halogens is 2. The second kappa shape index (κ2) is 8.18. The predicted octanol–water partition coefficient (Wildman–Crippen LogP) is 4.95. The summed E-state index contributed by atoms with van der Waals surface area (Å²) in [7, 11) is 1.40. The number of benzene rings is 2. The zero-order chi connectivity index (χ0) is 18.5. The number of aryl methyl sites for hydroxylation is 1. The van der Waals surface area contributed by atoms with E-state index in [1.165, 1.54) is 24.9 Å². The van der Waals surface area contributed by atoms with Gasteiger partial charge in [0.1, 0.15) is 0 Å². The summed E-state index contributed by atoms with van der Waals surface area (Å²) in [4.78, 5) is 0. The highest BCUT2D eigenvalue weighted by Gasteiger charge is 2.13. The third-order valence-corrected chi connectivity index (χ3v) is 4.40. The fourth-order valence-corrected chi connectivity index (χ4v) is 2.93. The van der Waals surface area contributed by atoms with E-state index in [4.69, 9.17) is 9.15 Å². The van der Waals surface area contributed by atoms with Crippen molar-refractivity contribution in [1.82, 2.24) is 10.2 Å². The first kappa shape index (κ1) is 18.2. The maximum absolute atomic E-state index is 12.4. The molecule has 0 unspecified atom stereocenters. The summed E-state index contributed by atoms with van der Waals surface area (Å²) in [5.74, 6) is 1.21. The number of ether oxygens (including phenoxy) is 2. The first-order valence-corrected chi connectivity index (χ1v) is 8.69. The van der Waals surface area contributed by atoms with Gasteiger partial charge in [0, 0.05) is 11.3 Å². The minimum atomic E-state index is -2.90. The van der Waals surface area contributed by atoms with Crippen molar-refractivity contribution in [1.29, 1.82) is 0 Å². The van der Waals surface area contributed by atoms with Crippen molar-refractivity contribution in [3.63, 3.8) is 0 Å². The summed E-state index contributed by atoms with van der Waals surface area (Å²) in [5, 5.41) is 8.49. The molecule has 2 aromatic carbocycles. The number of aromatic nitrogens is 2. The lowest BCUT2D eigenvalue weighted by atomic mass is 10.1. The van der Waals surface area contributed by atoms with E-state index in [0.717, 1.165) is 16.7 Å². The Balaban J connectivity index is 1.66. The lowest BCUT2D eigenvalue weighted by Gasteiger charge is -2.10. The lowest BCUT2D eigenvalue weighted by Crippen LogP contribution is -2.03. The summed E-state index contributed by atoms with van der Waals surface area (Å²) >= 11 is 1.35. The average Bonchev–Trinajstić information content (AvgIpc) is 3.10. The SMILES string of the molecule is COc1cc(CSc2nnc(-c3ccc(C)cc3)o2)ccc1OC(F)F. The van der Waals surface area contributed by atoms with Gasteiger partial charge in [-0.2, -0.15) is 8.78 Å². The van der Waals surface area contributed by atoms with Gasteiger partial charge in [-0.05, 0) is 36.8 Å². The van der Waals surface area contributed by atoms with Crippen molar-refractivity contribution in [2.24, 2.45) is 0 Å². The smallest absolute Gasteiger partial charge is 0.387 e. The molecule has 0 saturated carbocycles. The molecule has 0 bridgehead atoms. The topological polar surface area (TPSA) is 57.4 Å². The molecule has 0 radical (unpaired) electrons. The summed E-state index contributed by atoms with van der Waals surface area (Å²) in [6, 6.07) is 12.6. The molecule has 0 saturated heterocycles. The van der Waals surface area contributed by atoms with E-state index in [1.807, 2.05) is 31.2 Å². The van der Waals surface area contributed by atoms with Crippen LogP contribution in [0.3, 0.4) is 0 Å². The van der Waals surface area contributed by atoms with E-state index in [2.05, 4.69) is 14.9 Å². The van der Waals surface area contributed by atoms with Crippen LogP contribution in [0.1, 0.15) is 11.1 Å². The second-order valence-electron chi connectivity index (χ2n) is 5.39. The normalized spacial score (nSPS) is 11.0. The van der Waals surface area contributed by atoms with E-state index >= 15 is 0 Å². The highest BCUT2D eigenvalue weighted by Crippen LogP contribution is 2.32. The van der Waals surface area contributed by atoms with Crippen LogP contribution >= 0.6 is 11.8 Å². The largest absolute Gasteiger partial charge is 0.493 e. The van der Waals surface area contributed by atoms with Gasteiger partial charge in [-0.15, -0.1) is 10.2 Å². The van der Waals surface area contributed by atoms with Crippen molar-refractivity contribution >= 4 is 11.8 Å². The van der Waals surface area contributed by atoms with Crippen molar-refractivity contribution in [2.45, 2.75) is 24.5 Å². The Labute approximate surface area is 153 Å². The number of hydrogen-bond acceptors (Lipinski definition) is 6. The Morgan fingerprint density at radius 2 is 1.85 bits per heavy atom. The Morgan fingerprint density at radius 3 is 2.54 bits per heavy atom. The monoisotopic (exact) mass is 378 g/mol. The highest BCUT2D eigenvalue weighted by molar-refractivity contribution is 7.98. The first-order valence-electron chi connectivity index (χ1n) is 7.70. The molecular formula is C18H16F2N2O3S. The molecule has 0 aliphatic heterocycles. The minimum absolute atomic E-state index is 0.00398. The Morgan fingerprint density at radius 1 is 1.08 bits per heavy atom. The van der Waals surface area contributed by atoms with Crippen molar-refractivity contribution in [3.05, 3.63) is 53.6 Å². The molecule has 0 aliphatic carbocycles. The zero-order valence-electron chi connectivity index (χ0n) is 14.1. The van der Waals surface area contributed by atoms with Crippen LogP contribution in [0.25, 0.3) is 11.5 Å². The summed E-state index contributed by atoms with van der Waals surface area (Å²) < 4.78 is 39.9. The molecule has 0 amide bonds. The molecule has 0 fully saturated rings. The quantitative estimate of drug-likeness (QED) is 0.543. The molecule has 3 rings (SSSR count). The maximum atomic E-state index is 12.4. The molecule has 5 nitrogen and oxygen atoms in total. The third-order valence-electron chi connectivity index (χ3n) is 3.51. The van der Waals surface area contributed by atoms with Crippen molar-refractivity contribution < 1.29 is 22.7 Å². The molecule has 0 atom stereocenters.